The number of benzene rings is 1. The molecule has 0 atom stereocenters. The van der Waals surface area contributed by atoms with Crippen LogP contribution in [0.2, 0.25) is 0 Å². The second-order valence-electron chi connectivity index (χ2n) is 13.9. The van der Waals surface area contributed by atoms with Gasteiger partial charge in [0.15, 0.2) is 0 Å². The van der Waals surface area contributed by atoms with E-state index in [1.807, 2.05) is 73.6 Å². The largest absolute Gasteiger partial charge is 0.379 e. The van der Waals surface area contributed by atoms with E-state index in [1.165, 1.54) is 23.6 Å². The van der Waals surface area contributed by atoms with Crippen LogP contribution in [0, 0.1) is 12.8 Å². The van der Waals surface area contributed by atoms with E-state index in [0.29, 0.717) is 48.6 Å². The van der Waals surface area contributed by atoms with Crippen molar-refractivity contribution in [2.45, 2.75) is 115 Å². The molecule has 0 amide bonds. The average molecular weight is 622 g/mol. The number of nitrogens with zero attached hydrogens (tertiary/aromatic N) is 3. The topological polar surface area (TPSA) is 88.9 Å². The Labute approximate surface area is 254 Å². The molecule has 2 aromatic rings. The molecular formula is C32H51N3O5S2. The third-order valence-corrected chi connectivity index (χ3v) is 13.1. The Morgan fingerprint density at radius 3 is 2.07 bits per heavy atom. The van der Waals surface area contributed by atoms with Crippen molar-refractivity contribution in [2.24, 2.45) is 5.92 Å². The van der Waals surface area contributed by atoms with E-state index in [0.717, 1.165) is 41.9 Å². The number of morpholine rings is 1. The normalized spacial score (nSPS) is 18.6. The van der Waals surface area contributed by atoms with Crippen LogP contribution < -0.4 is 0 Å². The van der Waals surface area contributed by atoms with Crippen LogP contribution in [-0.4, -0.2) is 68.4 Å². The fraction of sp³-hybridized carbons (Fsp3) is 0.688. The summed E-state index contributed by atoms with van der Waals surface area (Å²) in [5.41, 5.74) is 2.08. The van der Waals surface area contributed by atoms with E-state index in [2.05, 4.69) is 4.57 Å². The highest BCUT2D eigenvalue weighted by Crippen LogP contribution is 2.39. The number of ether oxygens (including phenoxy) is 1. The van der Waals surface area contributed by atoms with E-state index in [-0.39, 0.29) is 0 Å². The molecule has 2 heterocycles. The van der Waals surface area contributed by atoms with Gasteiger partial charge in [0.2, 0.25) is 20.0 Å². The fourth-order valence-corrected chi connectivity index (χ4v) is 10.4. The summed E-state index contributed by atoms with van der Waals surface area (Å²) in [5, 5.41) is 0. The van der Waals surface area contributed by atoms with Crippen LogP contribution in [-0.2, 0) is 36.7 Å². The number of hydrogen-bond acceptors (Lipinski definition) is 5. The lowest BCUT2D eigenvalue weighted by Gasteiger charge is -2.35. The summed E-state index contributed by atoms with van der Waals surface area (Å²) in [6, 6.07) is 7.37. The number of hydrogen-bond donors (Lipinski definition) is 0. The quantitative estimate of drug-likeness (QED) is 0.352. The molecule has 0 N–H and O–H groups in total. The van der Waals surface area contributed by atoms with Crippen molar-refractivity contribution in [3.05, 3.63) is 35.5 Å². The third-order valence-electron chi connectivity index (χ3n) is 8.76. The Kier molecular flexibility index (Phi) is 9.75. The second kappa shape index (κ2) is 12.3. The van der Waals surface area contributed by atoms with Crippen LogP contribution in [0.25, 0.3) is 11.3 Å². The highest BCUT2D eigenvalue weighted by molar-refractivity contribution is 7.89. The summed E-state index contributed by atoms with van der Waals surface area (Å²) >= 11 is 0. The molecular weight excluding hydrogens is 571 g/mol. The monoisotopic (exact) mass is 621 g/mol. The van der Waals surface area contributed by atoms with Crippen molar-refractivity contribution in [1.82, 2.24) is 13.2 Å². The fourth-order valence-electron chi connectivity index (χ4n) is 6.53. The molecule has 1 aromatic heterocycles. The van der Waals surface area contributed by atoms with E-state index in [9.17, 15) is 16.8 Å². The summed E-state index contributed by atoms with van der Waals surface area (Å²) in [7, 11) is -7.50. The maximum absolute atomic E-state index is 14.0. The van der Waals surface area contributed by atoms with Gasteiger partial charge in [-0.05, 0) is 81.2 Å². The van der Waals surface area contributed by atoms with Gasteiger partial charge >= 0.3 is 0 Å². The van der Waals surface area contributed by atoms with Crippen molar-refractivity contribution in [3.8, 4) is 11.3 Å². The van der Waals surface area contributed by atoms with Gasteiger partial charge in [-0.1, -0.05) is 53.0 Å². The molecule has 1 saturated carbocycles. The summed E-state index contributed by atoms with van der Waals surface area (Å²) in [4.78, 5) is 0.632. The molecule has 1 aliphatic heterocycles. The van der Waals surface area contributed by atoms with Gasteiger partial charge in [0, 0.05) is 43.1 Å². The molecule has 10 heteroatoms. The van der Waals surface area contributed by atoms with Crippen LogP contribution in [0.1, 0.15) is 91.8 Å². The van der Waals surface area contributed by atoms with Gasteiger partial charge in [0.1, 0.15) is 4.90 Å². The Morgan fingerprint density at radius 2 is 1.52 bits per heavy atom. The van der Waals surface area contributed by atoms with Gasteiger partial charge in [0.25, 0.3) is 0 Å². The van der Waals surface area contributed by atoms with Crippen molar-refractivity contribution >= 4 is 20.0 Å². The third kappa shape index (κ3) is 6.67. The van der Waals surface area contributed by atoms with Crippen molar-refractivity contribution in [2.75, 3.05) is 32.8 Å². The molecule has 0 radical (unpaired) electrons. The first kappa shape index (κ1) is 33.2. The van der Waals surface area contributed by atoms with Crippen molar-refractivity contribution in [1.29, 1.82) is 0 Å². The first-order valence-electron chi connectivity index (χ1n) is 15.5. The van der Waals surface area contributed by atoms with Crippen LogP contribution in [0.15, 0.2) is 34.1 Å². The first-order chi connectivity index (χ1) is 19.5. The molecule has 1 saturated heterocycles. The van der Waals surface area contributed by atoms with Crippen LogP contribution >= 0.6 is 0 Å². The maximum Gasteiger partial charge on any atom is 0.245 e. The van der Waals surface area contributed by atoms with E-state index < -0.39 is 31.0 Å². The maximum atomic E-state index is 14.0. The predicted molar refractivity (Wildman–Crippen MR) is 169 cm³/mol. The Bertz CT molecular complexity index is 1470. The van der Waals surface area contributed by atoms with E-state index in [4.69, 9.17) is 4.74 Å². The Hall–Kier alpha value is -1.72. The lowest BCUT2D eigenvalue weighted by atomic mass is 9.85. The highest BCUT2D eigenvalue weighted by atomic mass is 32.2. The van der Waals surface area contributed by atoms with Gasteiger partial charge in [-0.25, -0.2) is 16.8 Å². The van der Waals surface area contributed by atoms with Crippen LogP contribution in [0.3, 0.4) is 0 Å². The van der Waals surface area contributed by atoms with E-state index >= 15 is 0 Å². The van der Waals surface area contributed by atoms with Crippen molar-refractivity contribution < 1.29 is 21.6 Å². The first-order valence-corrected chi connectivity index (χ1v) is 18.3. The summed E-state index contributed by atoms with van der Waals surface area (Å²) in [6.07, 6.45) is 5.90. The van der Waals surface area contributed by atoms with Gasteiger partial charge in [-0.15, -0.1) is 0 Å². The van der Waals surface area contributed by atoms with Crippen LogP contribution in [0.5, 0.6) is 0 Å². The molecule has 1 aromatic carbocycles. The van der Waals surface area contributed by atoms with Crippen molar-refractivity contribution in [3.63, 3.8) is 0 Å². The SMILES string of the molecule is CCN(C(C)(C)C)S(=O)(=O)c1ccc(-c2cc(S(=O)(=O)N3CCOCC3)c(C)n2CC2CCCCC2)cc1C(C)(C)C. The molecule has 4 rings (SSSR count). The number of sulfonamides is 2. The molecule has 0 unspecified atom stereocenters. The molecule has 0 spiro atoms. The standard InChI is InChI=1S/C32H51N3O5S2/c1-9-35(32(6,7)8)42(38,39)29-16-15-26(21-27(29)31(3,4)5)28-22-30(41(36,37)33-17-19-40-20-18-33)24(2)34(28)23-25-13-11-10-12-14-25/h15-16,21-22,25H,9-14,17-20,23H2,1-8H3. The minimum atomic E-state index is -3.78. The smallest absolute Gasteiger partial charge is 0.245 e. The minimum absolute atomic E-state index is 0.304. The highest BCUT2D eigenvalue weighted by Gasteiger charge is 2.37. The number of rotatable bonds is 8. The van der Waals surface area contributed by atoms with Crippen LogP contribution in [0.4, 0.5) is 0 Å². The zero-order valence-electron chi connectivity index (χ0n) is 26.9. The summed E-state index contributed by atoms with van der Waals surface area (Å²) in [5.74, 6) is 0.481. The average Bonchev–Trinajstić information content (AvgIpc) is 3.24. The Balaban J connectivity index is 1.90. The molecule has 0 bridgehead atoms. The predicted octanol–water partition coefficient (Wildman–Crippen LogP) is 6.17. The summed E-state index contributed by atoms with van der Waals surface area (Å²) in [6.45, 7) is 18.2. The molecule has 42 heavy (non-hydrogen) atoms. The molecule has 8 nitrogen and oxygen atoms in total. The van der Waals surface area contributed by atoms with Gasteiger partial charge in [-0.2, -0.15) is 8.61 Å². The molecule has 2 aliphatic rings. The molecule has 1 aliphatic carbocycles. The van der Waals surface area contributed by atoms with Gasteiger partial charge in [0.05, 0.1) is 18.1 Å². The summed E-state index contributed by atoms with van der Waals surface area (Å²) < 4.78 is 66.5. The molecule has 236 valence electrons. The van der Waals surface area contributed by atoms with Gasteiger partial charge < -0.3 is 9.30 Å². The Morgan fingerprint density at radius 1 is 0.905 bits per heavy atom. The van der Waals surface area contributed by atoms with Gasteiger partial charge in [-0.3, -0.25) is 0 Å². The zero-order valence-corrected chi connectivity index (χ0v) is 28.5. The zero-order chi connectivity index (χ0) is 31.1. The lowest BCUT2D eigenvalue weighted by molar-refractivity contribution is 0.0730. The lowest BCUT2D eigenvalue weighted by Crippen LogP contribution is -2.45. The number of aromatic nitrogens is 1. The molecule has 2 fully saturated rings. The second-order valence-corrected chi connectivity index (χ2v) is 17.6. The van der Waals surface area contributed by atoms with E-state index in [1.54, 1.807) is 10.4 Å². The minimum Gasteiger partial charge on any atom is -0.379 e.